The van der Waals surface area contributed by atoms with Crippen molar-refractivity contribution in [1.29, 1.82) is 5.26 Å². The Hall–Kier alpha value is -4.50. The largest absolute Gasteiger partial charge is 0.497 e. The number of benzene rings is 3. The molecule has 0 aromatic heterocycles. The second-order valence-electron chi connectivity index (χ2n) is 27.3. The third-order valence-corrected chi connectivity index (χ3v) is 23.0. The Balaban J connectivity index is 0.858. The van der Waals surface area contributed by atoms with Gasteiger partial charge in [0.1, 0.15) is 23.2 Å². The van der Waals surface area contributed by atoms with Gasteiger partial charge in [0.2, 0.25) is 5.91 Å². The molecule has 0 radical (unpaired) electrons. The number of likely N-dealkylation sites (tertiary alicyclic amines) is 1. The molecule has 2 unspecified atom stereocenters. The number of allylic oxidation sites excluding steroid dienone is 1. The molecular formula is C71H105N4O8P. The van der Waals surface area contributed by atoms with Crippen molar-refractivity contribution in [3.8, 4) is 17.6 Å². The lowest BCUT2D eigenvalue weighted by molar-refractivity contribution is -0.136. The summed E-state index contributed by atoms with van der Waals surface area (Å²) in [6, 6.07) is 29.0. The molecule has 0 spiro atoms. The second-order valence-corrected chi connectivity index (χ2v) is 28.7. The first kappa shape index (κ1) is 65.5. The molecule has 13 heteroatoms. The molecule has 3 aromatic carbocycles. The summed E-state index contributed by atoms with van der Waals surface area (Å²) in [4.78, 5) is 29.3. The Morgan fingerprint density at radius 3 is 2.02 bits per heavy atom. The van der Waals surface area contributed by atoms with Crippen molar-refractivity contribution in [2.45, 2.75) is 202 Å². The van der Waals surface area contributed by atoms with Gasteiger partial charge in [-0.2, -0.15) is 5.26 Å². The fourth-order valence-electron chi connectivity index (χ4n) is 16.3. The van der Waals surface area contributed by atoms with Crippen LogP contribution in [0.2, 0.25) is 0 Å². The average molecular weight is 1170 g/mol. The van der Waals surface area contributed by atoms with Crippen molar-refractivity contribution in [3.05, 3.63) is 107 Å². The Labute approximate surface area is 507 Å². The first-order valence-corrected chi connectivity index (χ1v) is 33.6. The monoisotopic (exact) mass is 1170 g/mol. The van der Waals surface area contributed by atoms with Crippen LogP contribution in [0.25, 0.3) is 0 Å². The molecule has 8 rings (SSSR count). The Bertz CT molecular complexity index is 2560. The van der Waals surface area contributed by atoms with E-state index in [1.54, 1.807) is 19.8 Å². The lowest BCUT2D eigenvalue weighted by atomic mass is 9.47. The van der Waals surface area contributed by atoms with Crippen LogP contribution in [0.4, 0.5) is 4.79 Å². The Morgan fingerprint density at radius 1 is 0.750 bits per heavy atom. The van der Waals surface area contributed by atoms with E-state index in [1.165, 1.54) is 51.4 Å². The van der Waals surface area contributed by atoms with Gasteiger partial charge in [0.05, 0.1) is 46.5 Å². The number of methoxy groups -OCH3 is 2. The molecule has 4 fully saturated rings. The van der Waals surface area contributed by atoms with Crippen molar-refractivity contribution in [3.63, 3.8) is 0 Å². The van der Waals surface area contributed by atoms with E-state index in [4.69, 9.17) is 28.0 Å². The Morgan fingerprint density at radius 2 is 1.40 bits per heavy atom. The highest BCUT2D eigenvalue weighted by Gasteiger charge is 2.59. The molecule has 3 aromatic rings. The standard InChI is InChI=1S/C71H105N4O8P/c1-51(2)20-18-21-54(7)63-35-36-64-62-34-29-58-48-61(37-39-68(58,8)65(62)38-40-69(63,64)9)83-67(77)73-44-17-13-16-24-66(76)74-45-41-70(42-46-74,50-82-84(81-47-19-43-72)75(52(3)4)53(5)6)49-80-71(55-22-14-12-15-23-55,56-25-30-59(78-10)31-26-56)57-27-32-60(79-11)33-28-57/h12,14-15,22-23,25-33,51-54,61-65H,13,16-21,24,34-42,44-50H2,1-11H3,(H,73,77)/t54-,61?,62+,63-,64+,65+,68+,69-,84?/m1/s1. The number of unbranched alkanes of at least 4 members (excludes halogenated alkanes) is 2. The van der Waals surface area contributed by atoms with Crippen LogP contribution in [0.5, 0.6) is 11.5 Å². The SMILES string of the molecule is COc1ccc(C(OCC2(COP(OCCC#N)N(C(C)C)C(C)C)CCN(C(=O)CCCCCNC(=O)OC3CC[C@@]4(C)C(=CC[C@H]5[C@@H]6CC[C@H]([C@H](C)CCCC(C)C)[C@@]6(C)CC[C@@H]54)C3)CC2)(c2ccccc2)c2ccc(OC)cc2)cc1. The third-order valence-electron chi connectivity index (χ3n) is 21.0. The minimum absolute atomic E-state index is 0.0791. The number of fused-ring (bicyclic) bond motifs is 5. The number of hydrogen-bond donors (Lipinski definition) is 1. The van der Waals surface area contributed by atoms with E-state index >= 15 is 0 Å². The summed E-state index contributed by atoms with van der Waals surface area (Å²) in [5.41, 5.74) is 3.54. The highest BCUT2D eigenvalue weighted by atomic mass is 31.2. The van der Waals surface area contributed by atoms with E-state index in [0.717, 1.165) is 102 Å². The zero-order valence-electron chi connectivity index (χ0n) is 53.3. The molecule has 0 bridgehead atoms. The van der Waals surface area contributed by atoms with Gasteiger partial charge in [-0.05, 0) is 186 Å². The predicted octanol–water partition coefficient (Wildman–Crippen LogP) is 16.6. The van der Waals surface area contributed by atoms with Crippen LogP contribution >= 0.6 is 8.53 Å². The fourth-order valence-corrected chi connectivity index (χ4v) is 18.0. The molecule has 1 N–H and O–H groups in total. The zero-order chi connectivity index (χ0) is 60.1. The molecule has 1 heterocycles. The zero-order valence-corrected chi connectivity index (χ0v) is 54.2. The first-order valence-electron chi connectivity index (χ1n) is 32.5. The van der Waals surface area contributed by atoms with Gasteiger partial charge < -0.3 is 38.2 Å². The summed E-state index contributed by atoms with van der Waals surface area (Å²) in [6.45, 7) is 23.7. The lowest BCUT2D eigenvalue weighted by Gasteiger charge is -2.58. The molecule has 1 aliphatic heterocycles. The number of nitriles is 1. The van der Waals surface area contributed by atoms with Crippen LogP contribution in [0.15, 0.2) is 90.5 Å². The number of amides is 2. The minimum atomic E-state index is -1.53. The summed E-state index contributed by atoms with van der Waals surface area (Å²) in [7, 11) is 1.81. The van der Waals surface area contributed by atoms with Crippen LogP contribution in [0.1, 0.15) is 195 Å². The van der Waals surface area contributed by atoms with Gasteiger partial charge in [0.25, 0.3) is 8.53 Å². The van der Waals surface area contributed by atoms with Crippen LogP contribution in [-0.4, -0.2) is 93.4 Å². The van der Waals surface area contributed by atoms with E-state index in [9.17, 15) is 14.9 Å². The van der Waals surface area contributed by atoms with Gasteiger partial charge in [-0.3, -0.25) is 4.79 Å². The molecule has 12 nitrogen and oxygen atoms in total. The molecule has 2 amide bonds. The second kappa shape index (κ2) is 29.9. The quantitative estimate of drug-likeness (QED) is 0.0310. The molecular weight excluding hydrogens is 1070 g/mol. The van der Waals surface area contributed by atoms with Gasteiger partial charge in [0.15, 0.2) is 0 Å². The van der Waals surface area contributed by atoms with Crippen LogP contribution in [0, 0.1) is 63.1 Å². The summed E-state index contributed by atoms with van der Waals surface area (Å²) in [5.74, 6) is 6.48. The summed E-state index contributed by atoms with van der Waals surface area (Å²) >= 11 is 0. The number of nitrogens with zero attached hydrogens (tertiary/aromatic N) is 3. The normalized spacial score (nSPS) is 25.5. The summed E-state index contributed by atoms with van der Waals surface area (Å²) in [5, 5.41) is 12.5. The van der Waals surface area contributed by atoms with E-state index < -0.39 is 19.5 Å². The average Bonchev–Trinajstić information content (AvgIpc) is 1.58. The smallest absolute Gasteiger partial charge is 0.407 e. The highest BCUT2D eigenvalue weighted by Crippen LogP contribution is 2.67. The highest BCUT2D eigenvalue weighted by molar-refractivity contribution is 7.44. The number of rotatable bonds is 29. The summed E-state index contributed by atoms with van der Waals surface area (Å²) < 4.78 is 40.7. The van der Waals surface area contributed by atoms with E-state index in [1.807, 2.05) is 47.4 Å². The molecule has 3 saturated carbocycles. The van der Waals surface area contributed by atoms with Gasteiger partial charge in [-0.15, -0.1) is 0 Å². The fraction of sp³-hybridized carbons (Fsp3) is 0.676. The summed E-state index contributed by atoms with van der Waals surface area (Å²) in [6.07, 6.45) is 20.3. The van der Waals surface area contributed by atoms with Gasteiger partial charge in [-0.25, -0.2) is 9.46 Å². The molecule has 5 aliphatic rings. The lowest BCUT2D eigenvalue weighted by Crippen LogP contribution is -2.51. The van der Waals surface area contributed by atoms with Crippen LogP contribution < -0.4 is 14.8 Å². The van der Waals surface area contributed by atoms with Gasteiger partial charge in [0, 0.05) is 50.0 Å². The molecule has 462 valence electrons. The van der Waals surface area contributed by atoms with Crippen LogP contribution in [0.3, 0.4) is 0 Å². The number of nitrogens with one attached hydrogen (secondary N) is 1. The first-order chi connectivity index (χ1) is 40.4. The van der Waals surface area contributed by atoms with Crippen molar-refractivity contribution in [2.75, 3.05) is 53.7 Å². The number of piperidine rings is 1. The maximum atomic E-state index is 14.0. The van der Waals surface area contributed by atoms with E-state index in [-0.39, 0.29) is 48.6 Å². The number of hydrogen-bond acceptors (Lipinski definition) is 10. The molecule has 4 aliphatic carbocycles. The minimum Gasteiger partial charge on any atom is -0.497 e. The number of ether oxygens (including phenoxy) is 4. The van der Waals surface area contributed by atoms with Crippen molar-refractivity contribution in [1.82, 2.24) is 14.9 Å². The van der Waals surface area contributed by atoms with Gasteiger partial charge >= 0.3 is 6.09 Å². The third kappa shape index (κ3) is 15.2. The topological polar surface area (TPSA) is 132 Å². The maximum Gasteiger partial charge on any atom is 0.407 e. The van der Waals surface area contributed by atoms with E-state index in [2.05, 4.69) is 121 Å². The predicted molar refractivity (Wildman–Crippen MR) is 337 cm³/mol. The number of alkyl carbamates (subject to hydrolysis) is 1. The Kier molecular flexibility index (Phi) is 23.3. The van der Waals surface area contributed by atoms with Crippen LogP contribution in [-0.2, 0) is 28.9 Å². The van der Waals surface area contributed by atoms with Crippen molar-refractivity contribution in [2.24, 2.45) is 51.8 Å². The number of carbonyl (C=O) groups excluding carboxylic acids is 2. The van der Waals surface area contributed by atoms with Gasteiger partial charge in [-0.1, -0.05) is 127 Å². The maximum absolute atomic E-state index is 14.0. The number of carbonyl (C=O) groups is 2. The molecule has 84 heavy (non-hydrogen) atoms. The molecule has 1 saturated heterocycles. The molecule has 9 atom stereocenters. The van der Waals surface area contributed by atoms with Crippen molar-refractivity contribution >= 4 is 20.5 Å². The van der Waals surface area contributed by atoms with Crippen molar-refractivity contribution < 1.29 is 37.6 Å². The van der Waals surface area contributed by atoms with E-state index in [0.29, 0.717) is 57.5 Å².